The Morgan fingerprint density at radius 1 is 1.11 bits per heavy atom. The zero-order chi connectivity index (χ0) is 13.4. The van der Waals surface area contributed by atoms with E-state index in [-0.39, 0.29) is 5.54 Å². The van der Waals surface area contributed by atoms with E-state index in [4.69, 9.17) is 0 Å². The average Bonchev–Trinajstić information content (AvgIpc) is 2.33. The third kappa shape index (κ3) is 7.65. The number of rotatable bonds is 7. The van der Waals surface area contributed by atoms with Crippen molar-refractivity contribution in [1.82, 2.24) is 10.2 Å². The fourth-order valence-corrected chi connectivity index (χ4v) is 3.15. The Morgan fingerprint density at radius 2 is 1.78 bits per heavy atom. The predicted molar refractivity (Wildman–Crippen MR) is 84.6 cm³/mol. The summed E-state index contributed by atoms with van der Waals surface area (Å²) in [6.45, 7) is 11.8. The van der Waals surface area contributed by atoms with Crippen molar-refractivity contribution in [1.29, 1.82) is 0 Å². The zero-order valence-corrected chi connectivity index (χ0v) is 13.6. The average molecular weight is 273 g/mol. The van der Waals surface area contributed by atoms with E-state index in [2.05, 4.69) is 49.0 Å². The zero-order valence-electron chi connectivity index (χ0n) is 12.8. The molecule has 1 aliphatic rings. The second kappa shape index (κ2) is 8.44. The number of hydrogen-bond acceptors (Lipinski definition) is 3. The molecule has 1 N–H and O–H groups in total. The highest BCUT2D eigenvalue weighted by Gasteiger charge is 2.17. The van der Waals surface area contributed by atoms with Gasteiger partial charge >= 0.3 is 0 Å². The SMILES string of the molecule is CSC1CCN(CCCCCNC(C)(C)C)CC1. The highest BCUT2D eigenvalue weighted by Crippen LogP contribution is 2.21. The molecular formula is C15H32N2S. The summed E-state index contributed by atoms with van der Waals surface area (Å²) < 4.78 is 0. The van der Waals surface area contributed by atoms with Crippen molar-refractivity contribution in [2.75, 3.05) is 32.4 Å². The van der Waals surface area contributed by atoms with Crippen LogP contribution in [0.3, 0.4) is 0 Å². The van der Waals surface area contributed by atoms with Gasteiger partial charge in [-0.1, -0.05) is 6.42 Å². The lowest BCUT2D eigenvalue weighted by molar-refractivity contribution is 0.228. The number of nitrogens with one attached hydrogen (secondary N) is 1. The van der Waals surface area contributed by atoms with E-state index < -0.39 is 0 Å². The molecule has 1 fully saturated rings. The minimum atomic E-state index is 0.277. The number of nitrogens with zero attached hydrogens (tertiary/aromatic N) is 1. The first-order chi connectivity index (χ1) is 8.51. The van der Waals surface area contributed by atoms with Gasteiger partial charge in [-0.05, 0) is 78.9 Å². The molecule has 0 unspecified atom stereocenters. The molecule has 2 nitrogen and oxygen atoms in total. The lowest BCUT2D eigenvalue weighted by Gasteiger charge is -2.31. The van der Waals surface area contributed by atoms with Gasteiger partial charge in [0.1, 0.15) is 0 Å². The number of hydrogen-bond donors (Lipinski definition) is 1. The molecule has 0 amide bonds. The normalized spacial score (nSPS) is 19.3. The second-order valence-electron chi connectivity index (χ2n) is 6.51. The molecule has 0 aromatic rings. The van der Waals surface area contributed by atoms with E-state index in [1.54, 1.807) is 0 Å². The molecule has 0 aromatic heterocycles. The van der Waals surface area contributed by atoms with Crippen molar-refractivity contribution in [2.45, 2.75) is 63.7 Å². The minimum absolute atomic E-state index is 0.277. The number of likely N-dealkylation sites (tertiary alicyclic amines) is 1. The monoisotopic (exact) mass is 272 g/mol. The summed E-state index contributed by atoms with van der Waals surface area (Å²) in [6, 6.07) is 0. The molecule has 0 spiro atoms. The summed E-state index contributed by atoms with van der Waals surface area (Å²) in [6.07, 6.45) is 9.10. The standard InChI is InChI=1S/C15H32N2S/c1-15(2,3)16-10-6-5-7-11-17-12-8-14(18-4)9-13-17/h14,16H,5-13H2,1-4H3. The molecule has 1 heterocycles. The van der Waals surface area contributed by atoms with Crippen LogP contribution in [0.25, 0.3) is 0 Å². The molecule has 18 heavy (non-hydrogen) atoms. The smallest absolute Gasteiger partial charge is 0.00965 e. The molecule has 3 heteroatoms. The van der Waals surface area contributed by atoms with Crippen LogP contribution >= 0.6 is 11.8 Å². The van der Waals surface area contributed by atoms with Gasteiger partial charge in [-0.3, -0.25) is 0 Å². The van der Waals surface area contributed by atoms with Crippen LogP contribution in [0.2, 0.25) is 0 Å². The van der Waals surface area contributed by atoms with E-state index in [1.165, 1.54) is 51.7 Å². The molecule has 1 rings (SSSR count). The number of piperidine rings is 1. The van der Waals surface area contributed by atoms with Crippen molar-refractivity contribution in [3.05, 3.63) is 0 Å². The Labute approximate surface area is 118 Å². The first-order valence-corrected chi connectivity index (χ1v) is 8.80. The summed E-state index contributed by atoms with van der Waals surface area (Å²) in [5, 5.41) is 4.49. The summed E-state index contributed by atoms with van der Waals surface area (Å²) in [4.78, 5) is 2.66. The van der Waals surface area contributed by atoms with Crippen LogP contribution in [-0.2, 0) is 0 Å². The van der Waals surface area contributed by atoms with Crippen LogP contribution in [0.15, 0.2) is 0 Å². The van der Waals surface area contributed by atoms with Crippen LogP contribution in [0, 0.1) is 0 Å². The van der Waals surface area contributed by atoms with Crippen LogP contribution in [0.1, 0.15) is 52.9 Å². The van der Waals surface area contributed by atoms with Gasteiger partial charge in [0.05, 0.1) is 0 Å². The summed E-state index contributed by atoms with van der Waals surface area (Å²) in [5.41, 5.74) is 0.277. The van der Waals surface area contributed by atoms with E-state index in [0.29, 0.717) is 0 Å². The van der Waals surface area contributed by atoms with Crippen LogP contribution in [-0.4, -0.2) is 48.1 Å². The molecule has 0 aliphatic carbocycles. The maximum Gasteiger partial charge on any atom is 0.00965 e. The van der Waals surface area contributed by atoms with Crippen molar-refractivity contribution in [2.24, 2.45) is 0 Å². The first kappa shape index (κ1) is 16.3. The first-order valence-electron chi connectivity index (χ1n) is 7.51. The van der Waals surface area contributed by atoms with Gasteiger partial charge in [-0.25, -0.2) is 0 Å². The van der Waals surface area contributed by atoms with Crippen LogP contribution in [0.4, 0.5) is 0 Å². The maximum atomic E-state index is 3.56. The maximum absolute atomic E-state index is 3.56. The largest absolute Gasteiger partial charge is 0.312 e. The van der Waals surface area contributed by atoms with Gasteiger partial charge in [-0.15, -0.1) is 0 Å². The Morgan fingerprint density at radius 3 is 2.33 bits per heavy atom. The van der Waals surface area contributed by atoms with Gasteiger partial charge in [0, 0.05) is 10.8 Å². The van der Waals surface area contributed by atoms with Crippen LogP contribution in [0.5, 0.6) is 0 Å². The minimum Gasteiger partial charge on any atom is -0.312 e. The second-order valence-corrected chi connectivity index (χ2v) is 7.65. The summed E-state index contributed by atoms with van der Waals surface area (Å²) >= 11 is 2.05. The Hall–Kier alpha value is 0.270. The highest BCUT2D eigenvalue weighted by molar-refractivity contribution is 7.99. The van der Waals surface area contributed by atoms with E-state index >= 15 is 0 Å². The number of thioether (sulfide) groups is 1. The van der Waals surface area contributed by atoms with Gasteiger partial charge in [-0.2, -0.15) is 11.8 Å². The molecule has 0 saturated carbocycles. The van der Waals surface area contributed by atoms with Gasteiger partial charge < -0.3 is 10.2 Å². The molecular weight excluding hydrogens is 240 g/mol. The van der Waals surface area contributed by atoms with E-state index in [9.17, 15) is 0 Å². The van der Waals surface area contributed by atoms with E-state index in [0.717, 1.165) is 11.8 Å². The van der Waals surface area contributed by atoms with Crippen molar-refractivity contribution < 1.29 is 0 Å². The molecule has 1 aliphatic heterocycles. The van der Waals surface area contributed by atoms with Gasteiger partial charge in [0.15, 0.2) is 0 Å². The Bertz CT molecular complexity index is 205. The summed E-state index contributed by atoms with van der Waals surface area (Å²) in [5.74, 6) is 0. The van der Waals surface area contributed by atoms with Crippen molar-refractivity contribution >= 4 is 11.8 Å². The molecule has 1 saturated heterocycles. The van der Waals surface area contributed by atoms with Crippen molar-refractivity contribution in [3.8, 4) is 0 Å². The van der Waals surface area contributed by atoms with E-state index in [1.807, 2.05) is 0 Å². The van der Waals surface area contributed by atoms with Gasteiger partial charge in [0.25, 0.3) is 0 Å². The lowest BCUT2D eigenvalue weighted by Crippen LogP contribution is -2.36. The lowest BCUT2D eigenvalue weighted by atomic mass is 10.1. The quantitative estimate of drug-likeness (QED) is 0.715. The molecule has 0 radical (unpaired) electrons. The Kier molecular flexibility index (Phi) is 7.66. The fraction of sp³-hybridized carbons (Fsp3) is 1.00. The van der Waals surface area contributed by atoms with Crippen molar-refractivity contribution in [3.63, 3.8) is 0 Å². The topological polar surface area (TPSA) is 15.3 Å². The molecule has 0 bridgehead atoms. The molecule has 0 aromatic carbocycles. The fourth-order valence-electron chi connectivity index (χ4n) is 2.47. The van der Waals surface area contributed by atoms with Gasteiger partial charge in [0.2, 0.25) is 0 Å². The summed E-state index contributed by atoms with van der Waals surface area (Å²) in [7, 11) is 0. The third-order valence-corrected chi connectivity index (χ3v) is 4.81. The predicted octanol–water partition coefficient (Wildman–Crippen LogP) is 3.37. The third-order valence-electron chi connectivity index (χ3n) is 3.67. The highest BCUT2D eigenvalue weighted by atomic mass is 32.2. The molecule has 108 valence electrons. The number of unbranched alkanes of at least 4 members (excludes halogenated alkanes) is 2. The van der Waals surface area contributed by atoms with Crippen LogP contribution < -0.4 is 5.32 Å². The molecule has 0 atom stereocenters. The Balaban J connectivity index is 1.93.